The Hall–Kier alpha value is -1.06. The van der Waals surface area contributed by atoms with Crippen LogP contribution in [0.4, 0.5) is 4.79 Å². The van der Waals surface area contributed by atoms with E-state index < -0.39 is 6.03 Å². The number of nitrogens with two attached hydrogens (primary N) is 1. The SMILES string of the molecule is CC[C@H](C(=O)NC(N)=O)[C@@H](C)CC. The van der Waals surface area contributed by atoms with E-state index in [2.05, 4.69) is 5.32 Å². The highest BCUT2D eigenvalue weighted by Gasteiger charge is 2.22. The summed E-state index contributed by atoms with van der Waals surface area (Å²) in [5.41, 5.74) is 4.86. The first-order chi connectivity index (χ1) is 6.02. The van der Waals surface area contributed by atoms with Crippen molar-refractivity contribution >= 4 is 11.9 Å². The molecular weight excluding hydrogens is 168 g/mol. The first kappa shape index (κ1) is 11.9. The molecule has 0 saturated carbocycles. The number of urea groups is 1. The lowest BCUT2D eigenvalue weighted by molar-refractivity contribution is -0.125. The standard InChI is InChI=1S/C9H18N2O2/c1-4-6(3)7(5-2)8(12)11-9(10)13/h6-7H,4-5H2,1-3H3,(H3,10,11,12,13)/t6-,7-/m0/s1. The monoisotopic (exact) mass is 186 g/mol. The van der Waals surface area contributed by atoms with E-state index in [1.165, 1.54) is 0 Å². The zero-order valence-electron chi connectivity index (χ0n) is 8.46. The number of amides is 3. The molecule has 0 radical (unpaired) electrons. The van der Waals surface area contributed by atoms with Crippen molar-refractivity contribution in [2.75, 3.05) is 0 Å². The second-order valence-electron chi connectivity index (χ2n) is 3.25. The third kappa shape index (κ3) is 3.92. The van der Waals surface area contributed by atoms with Gasteiger partial charge in [-0.3, -0.25) is 10.1 Å². The molecule has 0 fully saturated rings. The normalized spacial score (nSPS) is 14.7. The van der Waals surface area contributed by atoms with Gasteiger partial charge in [-0.15, -0.1) is 0 Å². The zero-order valence-corrected chi connectivity index (χ0v) is 8.46. The molecule has 3 N–H and O–H groups in total. The zero-order chi connectivity index (χ0) is 10.4. The quantitative estimate of drug-likeness (QED) is 0.693. The Kier molecular flexibility index (Phi) is 5.11. The van der Waals surface area contributed by atoms with Gasteiger partial charge in [-0.1, -0.05) is 27.2 Å². The van der Waals surface area contributed by atoms with Crippen molar-refractivity contribution in [3.8, 4) is 0 Å². The van der Waals surface area contributed by atoms with Gasteiger partial charge in [-0.2, -0.15) is 0 Å². The molecule has 4 heteroatoms. The minimum absolute atomic E-state index is 0.113. The summed E-state index contributed by atoms with van der Waals surface area (Å²) in [6.07, 6.45) is 1.65. The highest BCUT2D eigenvalue weighted by Crippen LogP contribution is 2.18. The van der Waals surface area contributed by atoms with E-state index in [1.54, 1.807) is 0 Å². The van der Waals surface area contributed by atoms with Crippen LogP contribution in [0.3, 0.4) is 0 Å². The van der Waals surface area contributed by atoms with Gasteiger partial charge in [-0.05, 0) is 12.3 Å². The first-order valence-corrected chi connectivity index (χ1v) is 4.63. The third-order valence-corrected chi connectivity index (χ3v) is 2.35. The molecule has 0 rings (SSSR count). The Bertz CT molecular complexity index is 192. The van der Waals surface area contributed by atoms with Crippen molar-refractivity contribution in [3.63, 3.8) is 0 Å². The van der Waals surface area contributed by atoms with E-state index in [-0.39, 0.29) is 17.7 Å². The first-order valence-electron chi connectivity index (χ1n) is 4.63. The second kappa shape index (κ2) is 5.56. The Morgan fingerprint density at radius 1 is 1.31 bits per heavy atom. The van der Waals surface area contributed by atoms with E-state index in [0.29, 0.717) is 0 Å². The predicted molar refractivity (Wildman–Crippen MR) is 51.0 cm³/mol. The summed E-state index contributed by atoms with van der Waals surface area (Å²) in [5.74, 6) is -0.0915. The molecule has 2 atom stereocenters. The summed E-state index contributed by atoms with van der Waals surface area (Å²) in [5, 5.41) is 2.11. The smallest absolute Gasteiger partial charge is 0.318 e. The maximum absolute atomic E-state index is 11.4. The molecule has 0 aromatic heterocycles. The molecule has 3 amide bonds. The molecule has 0 aromatic carbocycles. The Balaban J connectivity index is 4.22. The van der Waals surface area contributed by atoms with Crippen LogP contribution in [-0.2, 0) is 4.79 Å². The van der Waals surface area contributed by atoms with Crippen molar-refractivity contribution in [1.82, 2.24) is 5.32 Å². The fourth-order valence-electron chi connectivity index (χ4n) is 1.34. The second-order valence-corrected chi connectivity index (χ2v) is 3.25. The summed E-state index contributed by atoms with van der Waals surface area (Å²) in [7, 11) is 0. The lowest BCUT2D eigenvalue weighted by Gasteiger charge is -2.19. The highest BCUT2D eigenvalue weighted by atomic mass is 16.2. The summed E-state index contributed by atoms with van der Waals surface area (Å²) < 4.78 is 0. The molecule has 0 aliphatic heterocycles. The average Bonchev–Trinajstić information content (AvgIpc) is 2.03. The van der Waals surface area contributed by atoms with Gasteiger partial charge in [0.2, 0.25) is 5.91 Å². The predicted octanol–water partition coefficient (Wildman–Crippen LogP) is 1.25. The molecule has 13 heavy (non-hydrogen) atoms. The van der Waals surface area contributed by atoms with Gasteiger partial charge in [-0.25, -0.2) is 4.79 Å². The van der Waals surface area contributed by atoms with Crippen LogP contribution >= 0.6 is 0 Å². The van der Waals surface area contributed by atoms with E-state index in [9.17, 15) is 9.59 Å². The summed E-state index contributed by atoms with van der Waals surface area (Å²) >= 11 is 0. The van der Waals surface area contributed by atoms with Gasteiger partial charge in [0.25, 0.3) is 0 Å². The molecule has 0 aromatic rings. The van der Waals surface area contributed by atoms with Crippen LogP contribution < -0.4 is 11.1 Å². The van der Waals surface area contributed by atoms with Crippen LogP contribution in [0.15, 0.2) is 0 Å². The van der Waals surface area contributed by atoms with Gasteiger partial charge in [0.1, 0.15) is 0 Å². The molecule has 0 bridgehead atoms. The van der Waals surface area contributed by atoms with Crippen molar-refractivity contribution in [1.29, 1.82) is 0 Å². The fraction of sp³-hybridized carbons (Fsp3) is 0.778. The maximum atomic E-state index is 11.4. The van der Waals surface area contributed by atoms with Crippen molar-refractivity contribution < 1.29 is 9.59 Å². The molecule has 0 spiro atoms. The summed E-state index contributed by atoms with van der Waals surface area (Å²) in [4.78, 5) is 21.8. The highest BCUT2D eigenvalue weighted by molar-refractivity contribution is 5.94. The topological polar surface area (TPSA) is 72.2 Å². The van der Waals surface area contributed by atoms with E-state index >= 15 is 0 Å². The van der Waals surface area contributed by atoms with Gasteiger partial charge in [0.15, 0.2) is 0 Å². The van der Waals surface area contributed by atoms with Gasteiger partial charge in [0.05, 0.1) is 0 Å². The Morgan fingerprint density at radius 3 is 2.15 bits per heavy atom. The Morgan fingerprint density at radius 2 is 1.85 bits per heavy atom. The van der Waals surface area contributed by atoms with Crippen LogP contribution in [0.2, 0.25) is 0 Å². The molecular formula is C9H18N2O2. The van der Waals surface area contributed by atoms with Crippen LogP contribution in [0.1, 0.15) is 33.6 Å². The minimum atomic E-state index is -0.772. The van der Waals surface area contributed by atoms with Crippen LogP contribution in [0, 0.1) is 11.8 Å². The fourth-order valence-corrected chi connectivity index (χ4v) is 1.34. The van der Waals surface area contributed by atoms with Crippen molar-refractivity contribution in [2.45, 2.75) is 33.6 Å². The van der Waals surface area contributed by atoms with E-state index in [0.717, 1.165) is 12.8 Å². The van der Waals surface area contributed by atoms with Crippen LogP contribution in [0.5, 0.6) is 0 Å². The average molecular weight is 186 g/mol. The van der Waals surface area contributed by atoms with Gasteiger partial charge < -0.3 is 5.73 Å². The minimum Gasteiger partial charge on any atom is -0.351 e. The lowest BCUT2D eigenvalue weighted by Crippen LogP contribution is -2.40. The molecule has 0 saturated heterocycles. The van der Waals surface area contributed by atoms with Gasteiger partial charge in [0, 0.05) is 5.92 Å². The number of imide groups is 1. The van der Waals surface area contributed by atoms with E-state index in [4.69, 9.17) is 5.73 Å². The Labute approximate surface area is 78.9 Å². The number of carbonyl (C=O) groups excluding carboxylic acids is 2. The largest absolute Gasteiger partial charge is 0.351 e. The summed E-state index contributed by atoms with van der Waals surface area (Å²) in [6, 6.07) is -0.772. The molecule has 76 valence electrons. The summed E-state index contributed by atoms with van der Waals surface area (Å²) in [6.45, 7) is 5.94. The number of hydrogen-bond acceptors (Lipinski definition) is 2. The number of carbonyl (C=O) groups is 2. The number of rotatable bonds is 4. The lowest BCUT2D eigenvalue weighted by atomic mass is 9.89. The molecule has 0 unspecified atom stereocenters. The third-order valence-electron chi connectivity index (χ3n) is 2.35. The van der Waals surface area contributed by atoms with Crippen molar-refractivity contribution in [3.05, 3.63) is 0 Å². The number of primary amides is 1. The molecule has 0 aliphatic carbocycles. The molecule has 0 aliphatic rings. The van der Waals surface area contributed by atoms with E-state index in [1.807, 2.05) is 20.8 Å². The molecule has 4 nitrogen and oxygen atoms in total. The number of nitrogens with one attached hydrogen (secondary N) is 1. The molecule has 0 heterocycles. The maximum Gasteiger partial charge on any atom is 0.318 e. The number of hydrogen-bond donors (Lipinski definition) is 2. The van der Waals surface area contributed by atoms with Crippen molar-refractivity contribution in [2.24, 2.45) is 17.6 Å². The van der Waals surface area contributed by atoms with Gasteiger partial charge >= 0.3 is 6.03 Å². The van der Waals surface area contributed by atoms with Crippen LogP contribution in [-0.4, -0.2) is 11.9 Å². The van der Waals surface area contributed by atoms with Crippen LogP contribution in [0.25, 0.3) is 0 Å².